The molecule has 2 bridgehead atoms. The average Bonchev–Trinajstić information content (AvgIpc) is 2.76. The second kappa shape index (κ2) is 4.02. The molecule has 3 fully saturated rings. The maximum Gasteiger partial charge on any atom is 0.224 e. The highest BCUT2D eigenvalue weighted by atomic mass is 16.2. The van der Waals surface area contributed by atoms with Gasteiger partial charge >= 0.3 is 0 Å². The Morgan fingerprint density at radius 1 is 1.36 bits per heavy atom. The lowest BCUT2D eigenvalue weighted by atomic mass is 9.52. The Hall–Kier alpha value is -1.61. The molecule has 3 heteroatoms. The van der Waals surface area contributed by atoms with Crippen molar-refractivity contribution in [2.75, 3.05) is 18.0 Å². The van der Waals surface area contributed by atoms with Crippen molar-refractivity contribution >= 4 is 11.6 Å². The minimum atomic E-state index is 0.154. The molecule has 1 amide bonds. The summed E-state index contributed by atoms with van der Waals surface area (Å²) < 4.78 is 0. The summed E-state index contributed by atoms with van der Waals surface area (Å²) in [5.41, 5.74) is 4.37. The smallest absolute Gasteiger partial charge is 0.224 e. The van der Waals surface area contributed by atoms with Crippen molar-refractivity contribution in [1.29, 1.82) is 0 Å². The van der Waals surface area contributed by atoms with E-state index in [2.05, 4.69) is 47.1 Å². The van der Waals surface area contributed by atoms with Crippen molar-refractivity contribution < 1.29 is 4.79 Å². The van der Waals surface area contributed by atoms with Crippen molar-refractivity contribution in [1.82, 2.24) is 4.90 Å². The number of hydrogen-bond acceptors (Lipinski definition) is 2. The van der Waals surface area contributed by atoms with E-state index in [1.807, 2.05) is 0 Å². The van der Waals surface area contributed by atoms with Crippen molar-refractivity contribution in [2.24, 2.45) is 5.92 Å². The van der Waals surface area contributed by atoms with Crippen LogP contribution >= 0.6 is 0 Å². The molecule has 0 N–H and O–H groups in total. The van der Waals surface area contributed by atoms with E-state index in [1.54, 1.807) is 12.5 Å². The van der Waals surface area contributed by atoms with Crippen LogP contribution in [0, 0.1) is 5.92 Å². The van der Waals surface area contributed by atoms with E-state index in [-0.39, 0.29) is 11.3 Å². The van der Waals surface area contributed by atoms with E-state index in [9.17, 15) is 4.79 Å². The van der Waals surface area contributed by atoms with Gasteiger partial charge in [-0.2, -0.15) is 0 Å². The summed E-state index contributed by atoms with van der Waals surface area (Å²) in [5, 5.41) is 0. The number of allylic oxidation sites excluding steroid dienone is 1. The number of hydrogen-bond donors (Lipinski definition) is 0. The van der Waals surface area contributed by atoms with Crippen molar-refractivity contribution in [3.05, 3.63) is 41.5 Å². The van der Waals surface area contributed by atoms with E-state index < -0.39 is 0 Å². The topological polar surface area (TPSA) is 23.6 Å². The number of carbonyl (C=O) groups excluding carboxylic acids is 1. The molecule has 0 unspecified atom stereocenters. The van der Waals surface area contributed by atoms with Crippen molar-refractivity contribution in [3.63, 3.8) is 0 Å². The molecule has 1 aromatic rings. The molecule has 1 aromatic carbocycles. The fraction of sp³-hybridized carbons (Fsp3) is 0.526. The maximum atomic E-state index is 12.4. The second-order valence-electron chi connectivity index (χ2n) is 7.35. The van der Waals surface area contributed by atoms with Gasteiger partial charge in [-0.25, -0.2) is 0 Å². The van der Waals surface area contributed by atoms with Gasteiger partial charge in [0.15, 0.2) is 0 Å². The highest BCUT2D eigenvalue weighted by Crippen LogP contribution is 2.63. The van der Waals surface area contributed by atoms with Crippen LogP contribution in [0.3, 0.4) is 0 Å². The molecule has 22 heavy (non-hydrogen) atoms. The van der Waals surface area contributed by atoms with Gasteiger partial charge in [0, 0.05) is 25.2 Å². The number of piperidine rings is 1. The normalized spacial score (nSPS) is 40.2. The highest BCUT2D eigenvalue weighted by Gasteiger charge is 2.69. The van der Waals surface area contributed by atoms with E-state index in [0.717, 1.165) is 13.0 Å². The van der Waals surface area contributed by atoms with Gasteiger partial charge in [-0.05, 0) is 43.9 Å². The number of fused-ring (bicyclic) bond motifs is 2. The molecule has 2 saturated heterocycles. The first-order chi connectivity index (χ1) is 10.7. The Labute approximate surface area is 131 Å². The van der Waals surface area contributed by atoms with Crippen LogP contribution in [0.5, 0.6) is 0 Å². The predicted molar refractivity (Wildman–Crippen MR) is 86.9 cm³/mol. The Bertz CT molecular complexity index is 709. The first-order valence-corrected chi connectivity index (χ1v) is 8.48. The third-order valence-electron chi connectivity index (χ3n) is 6.62. The standard InChI is InChI=1S/C19H22N2O/c1-3-14-13-8-9-20-11-19(18(14)20)15-6-4-5-7-16(15)21(12(2)22)17(19)10-13/h3-7,13,17-18H,8-11H2,1-2H3/t13-,17-,18-,19-/m0/s1. The molecule has 114 valence electrons. The Morgan fingerprint density at radius 3 is 2.95 bits per heavy atom. The molecule has 3 aliphatic heterocycles. The predicted octanol–water partition coefficient (Wildman–Crippen LogP) is 2.71. The number of amides is 1. The monoisotopic (exact) mass is 294 g/mol. The summed E-state index contributed by atoms with van der Waals surface area (Å²) in [5.74, 6) is 0.871. The third-order valence-corrected chi connectivity index (χ3v) is 6.62. The number of para-hydroxylation sites is 1. The fourth-order valence-electron chi connectivity index (χ4n) is 5.95. The molecule has 3 nitrogen and oxygen atoms in total. The van der Waals surface area contributed by atoms with Crippen LogP contribution in [-0.4, -0.2) is 36.0 Å². The first kappa shape index (κ1) is 12.9. The molecule has 3 heterocycles. The Kier molecular flexibility index (Phi) is 2.35. The van der Waals surface area contributed by atoms with Crippen LogP contribution < -0.4 is 4.90 Å². The van der Waals surface area contributed by atoms with Gasteiger partial charge in [0.25, 0.3) is 0 Å². The minimum Gasteiger partial charge on any atom is -0.308 e. The fourth-order valence-corrected chi connectivity index (χ4v) is 5.95. The summed E-state index contributed by atoms with van der Waals surface area (Å²) in [6.07, 6.45) is 4.75. The average molecular weight is 294 g/mol. The van der Waals surface area contributed by atoms with E-state index >= 15 is 0 Å². The van der Waals surface area contributed by atoms with Gasteiger partial charge < -0.3 is 4.90 Å². The quantitative estimate of drug-likeness (QED) is 0.687. The number of rotatable bonds is 0. The highest BCUT2D eigenvalue weighted by molar-refractivity contribution is 5.96. The molecular formula is C19H22N2O. The first-order valence-electron chi connectivity index (χ1n) is 8.48. The zero-order valence-electron chi connectivity index (χ0n) is 13.2. The molecule has 4 atom stereocenters. The van der Waals surface area contributed by atoms with E-state index in [1.165, 1.54) is 24.2 Å². The number of benzene rings is 1. The lowest BCUT2D eigenvalue weighted by molar-refractivity contribution is -0.119. The van der Waals surface area contributed by atoms with Gasteiger partial charge in [-0.3, -0.25) is 9.69 Å². The van der Waals surface area contributed by atoms with Gasteiger partial charge in [-0.15, -0.1) is 0 Å². The van der Waals surface area contributed by atoms with Crippen LogP contribution in [0.25, 0.3) is 0 Å². The molecule has 0 aromatic heterocycles. The molecule has 1 spiro atoms. The largest absolute Gasteiger partial charge is 0.308 e. The Morgan fingerprint density at radius 2 is 2.18 bits per heavy atom. The van der Waals surface area contributed by atoms with Gasteiger partial charge in [-0.1, -0.05) is 29.8 Å². The minimum absolute atomic E-state index is 0.154. The SMILES string of the molecule is CC=C1[C@H]2CCN3C[C@@]4(c5ccccc5N(C(C)=O)[C@H]4C2)[C@H]13. The van der Waals surface area contributed by atoms with Crippen LogP contribution in [0.1, 0.15) is 32.3 Å². The molecule has 5 rings (SSSR count). The summed E-state index contributed by atoms with van der Waals surface area (Å²) >= 11 is 0. The van der Waals surface area contributed by atoms with Crippen molar-refractivity contribution in [3.8, 4) is 0 Å². The van der Waals surface area contributed by atoms with Crippen LogP contribution in [0.2, 0.25) is 0 Å². The lowest BCUT2D eigenvalue weighted by Crippen LogP contribution is -2.77. The van der Waals surface area contributed by atoms with Gasteiger partial charge in [0.2, 0.25) is 5.91 Å². The summed E-state index contributed by atoms with van der Waals surface area (Å²) in [7, 11) is 0. The van der Waals surface area contributed by atoms with Crippen LogP contribution in [0.15, 0.2) is 35.9 Å². The van der Waals surface area contributed by atoms with Crippen LogP contribution in [0.4, 0.5) is 5.69 Å². The summed E-state index contributed by atoms with van der Waals surface area (Å²) in [6.45, 7) is 6.27. The third kappa shape index (κ3) is 1.22. The summed E-state index contributed by atoms with van der Waals surface area (Å²) in [4.78, 5) is 17.1. The molecule has 0 radical (unpaired) electrons. The van der Waals surface area contributed by atoms with Crippen molar-refractivity contribution in [2.45, 2.75) is 44.2 Å². The van der Waals surface area contributed by atoms with Crippen LogP contribution in [-0.2, 0) is 10.2 Å². The van der Waals surface area contributed by atoms with Gasteiger partial charge in [0.1, 0.15) is 0 Å². The zero-order valence-corrected chi connectivity index (χ0v) is 13.2. The van der Waals surface area contributed by atoms with E-state index in [4.69, 9.17) is 0 Å². The lowest BCUT2D eigenvalue weighted by Gasteiger charge is -2.67. The number of carbonyl (C=O) groups is 1. The van der Waals surface area contributed by atoms with Gasteiger partial charge in [0.05, 0.1) is 11.5 Å². The molecule has 1 saturated carbocycles. The second-order valence-corrected chi connectivity index (χ2v) is 7.35. The molecule has 4 aliphatic rings. The Balaban J connectivity index is 1.75. The molecular weight excluding hydrogens is 272 g/mol. The summed E-state index contributed by atoms with van der Waals surface area (Å²) in [6, 6.07) is 9.51. The number of nitrogens with zero attached hydrogens (tertiary/aromatic N) is 2. The van der Waals surface area contributed by atoms with E-state index in [0.29, 0.717) is 18.0 Å². The zero-order chi connectivity index (χ0) is 15.1. The number of anilines is 1. The maximum absolute atomic E-state index is 12.4. The molecule has 1 aliphatic carbocycles.